The smallest absolute Gasteiger partial charge is 0.257 e. The first-order valence-corrected chi connectivity index (χ1v) is 11.4. The van der Waals surface area contributed by atoms with E-state index in [1.54, 1.807) is 13.0 Å². The van der Waals surface area contributed by atoms with Gasteiger partial charge in [0.2, 0.25) is 0 Å². The van der Waals surface area contributed by atoms with Crippen LogP contribution in [0.25, 0.3) is 11.3 Å². The summed E-state index contributed by atoms with van der Waals surface area (Å²) in [4.78, 5) is 17.1. The second kappa shape index (κ2) is 7.45. The van der Waals surface area contributed by atoms with Crippen molar-refractivity contribution in [1.29, 1.82) is 0 Å². The highest BCUT2D eigenvalue weighted by molar-refractivity contribution is 14.1. The van der Waals surface area contributed by atoms with E-state index in [2.05, 4.69) is 32.9 Å². The number of aromatic nitrogens is 1. The number of hydrogen-bond acceptors (Lipinski definition) is 5. The molecule has 2 aromatic carbocycles. The standard InChI is InChI=1S/C18H15IN2O3S2/c1-11-3-8-14(26(2,23)24)9-15(11)17(22)21-18-20-16(10-25-18)12-4-6-13(19)7-5-12/h3-10H,1-2H3,(H,20,21,22). The molecule has 1 aromatic heterocycles. The number of rotatable bonds is 4. The van der Waals surface area contributed by atoms with Gasteiger partial charge in [0.05, 0.1) is 10.6 Å². The van der Waals surface area contributed by atoms with Crippen LogP contribution < -0.4 is 5.32 Å². The van der Waals surface area contributed by atoms with E-state index in [0.717, 1.165) is 21.1 Å². The summed E-state index contributed by atoms with van der Waals surface area (Å²) in [5.41, 5.74) is 2.77. The van der Waals surface area contributed by atoms with Crippen molar-refractivity contribution in [3.63, 3.8) is 0 Å². The van der Waals surface area contributed by atoms with Crippen molar-refractivity contribution in [3.8, 4) is 11.3 Å². The van der Waals surface area contributed by atoms with Crippen LogP contribution in [-0.4, -0.2) is 25.6 Å². The fourth-order valence-corrected chi connectivity index (χ4v) is 4.05. The highest BCUT2D eigenvalue weighted by atomic mass is 127. The van der Waals surface area contributed by atoms with Gasteiger partial charge in [-0.1, -0.05) is 18.2 Å². The van der Waals surface area contributed by atoms with Crippen molar-refractivity contribution < 1.29 is 13.2 Å². The normalized spacial score (nSPS) is 11.3. The topological polar surface area (TPSA) is 76.1 Å². The van der Waals surface area contributed by atoms with Gasteiger partial charge in [-0.25, -0.2) is 13.4 Å². The molecule has 0 fully saturated rings. The van der Waals surface area contributed by atoms with Crippen molar-refractivity contribution in [1.82, 2.24) is 4.98 Å². The van der Waals surface area contributed by atoms with E-state index in [-0.39, 0.29) is 10.8 Å². The fourth-order valence-electron chi connectivity index (χ4n) is 2.33. The average molecular weight is 498 g/mol. The highest BCUT2D eigenvalue weighted by Gasteiger charge is 2.16. The maximum Gasteiger partial charge on any atom is 0.257 e. The van der Waals surface area contributed by atoms with Gasteiger partial charge in [-0.05, 0) is 59.3 Å². The van der Waals surface area contributed by atoms with Crippen molar-refractivity contribution in [2.75, 3.05) is 11.6 Å². The largest absolute Gasteiger partial charge is 0.298 e. The Morgan fingerprint density at radius 3 is 2.50 bits per heavy atom. The molecular weight excluding hydrogens is 483 g/mol. The van der Waals surface area contributed by atoms with Crippen LogP contribution in [0.5, 0.6) is 0 Å². The molecule has 5 nitrogen and oxygen atoms in total. The molecule has 0 aliphatic carbocycles. The third-order valence-electron chi connectivity index (χ3n) is 3.75. The summed E-state index contributed by atoms with van der Waals surface area (Å²) in [5.74, 6) is -0.378. The Bertz CT molecular complexity index is 1070. The fraction of sp³-hybridized carbons (Fsp3) is 0.111. The van der Waals surface area contributed by atoms with E-state index in [1.165, 1.54) is 23.5 Å². The molecule has 0 bridgehead atoms. The van der Waals surface area contributed by atoms with E-state index in [1.807, 2.05) is 29.6 Å². The quantitative estimate of drug-likeness (QED) is 0.542. The van der Waals surface area contributed by atoms with Gasteiger partial charge in [-0.15, -0.1) is 11.3 Å². The first-order valence-electron chi connectivity index (χ1n) is 7.57. The molecule has 1 heterocycles. The molecule has 0 atom stereocenters. The van der Waals surface area contributed by atoms with Crippen LogP contribution in [0.1, 0.15) is 15.9 Å². The van der Waals surface area contributed by atoms with Crippen LogP contribution in [0.4, 0.5) is 5.13 Å². The molecule has 1 amide bonds. The first kappa shape index (κ1) is 19.0. The van der Waals surface area contributed by atoms with Gasteiger partial charge in [0, 0.05) is 26.3 Å². The van der Waals surface area contributed by atoms with Gasteiger partial charge in [0.1, 0.15) is 0 Å². The van der Waals surface area contributed by atoms with Crippen LogP contribution >= 0.6 is 33.9 Å². The number of halogens is 1. The minimum atomic E-state index is -3.38. The predicted molar refractivity (Wildman–Crippen MR) is 113 cm³/mol. The molecule has 134 valence electrons. The average Bonchev–Trinajstić information content (AvgIpc) is 3.03. The van der Waals surface area contributed by atoms with Crippen molar-refractivity contribution in [2.45, 2.75) is 11.8 Å². The van der Waals surface area contributed by atoms with Crippen LogP contribution in [0.15, 0.2) is 52.7 Å². The van der Waals surface area contributed by atoms with Crippen LogP contribution in [0, 0.1) is 10.5 Å². The predicted octanol–water partition coefficient (Wildman–Crippen LogP) is 4.38. The van der Waals surface area contributed by atoms with Crippen molar-refractivity contribution in [3.05, 3.63) is 62.5 Å². The third kappa shape index (κ3) is 4.30. The maximum absolute atomic E-state index is 12.6. The zero-order valence-corrected chi connectivity index (χ0v) is 17.8. The number of sulfone groups is 1. The molecular formula is C18H15IN2O3S2. The van der Waals surface area contributed by atoms with Gasteiger partial charge in [-0.3, -0.25) is 10.1 Å². The zero-order valence-electron chi connectivity index (χ0n) is 14.0. The number of nitrogens with zero attached hydrogens (tertiary/aromatic N) is 1. The molecule has 26 heavy (non-hydrogen) atoms. The number of aryl methyl sites for hydroxylation is 1. The van der Waals surface area contributed by atoms with E-state index >= 15 is 0 Å². The maximum atomic E-state index is 12.6. The lowest BCUT2D eigenvalue weighted by atomic mass is 10.1. The number of benzene rings is 2. The van der Waals surface area contributed by atoms with Gasteiger partial charge < -0.3 is 0 Å². The van der Waals surface area contributed by atoms with Gasteiger partial charge in [0.25, 0.3) is 5.91 Å². The van der Waals surface area contributed by atoms with Crippen LogP contribution in [0.2, 0.25) is 0 Å². The number of carbonyl (C=O) groups excluding carboxylic acids is 1. The van der Waals surface area contributed by atoms with Gasteiger partial charge in [0.15, 0.2) is 15.0 Å². The molecule has 0 saturated carbocycles. The molecule has 0 aliphatic rings. The molecule has 3 rings (SSSR count). The second-order valence-electron chi connectivity index (χ2n) is 5.75. The lowest BCUT2D eigenvalue weighted by Gasteiger charge is -2.07. The number of anilines is 1. The van der Waals surface area contributed by atoms with Gasteiger partial charge in [-0.2, -0.15) is 0 Å². The minimum Gasteiger partial charge on any atom is -0.298 e. The Morgan fingerprint density at radius 2 is 1.85 bits per heavy atom. The Hall–Kier alpha value is -1.78. The molecule has 0 aliphatic heterocycles. The summed E-state index contributed by atoms with van der Waals surface area (Å²) in [6, 6.07) is 12.5. The summed E-state index contributed by atoms with van der Waals surface area (Å²) < 4.78 is 24.6. The van der Waals surface area contributed by atoms with E-state index in [9.17, 15) is 13.2 Å². The molecule has 1 N–H and O–H groups in total. The summed E-state index contributed by atoms with van der Waals surface area (Å²) in [6.07, 6.45) is 1.12. The molecule has 0 spiro atoms. The van der Waals surface area contributed by atoms with Crippen LogP contribution in [0.3, 0.4) is 0 Å². The minimum absolute atomic E-state index is 0.118. The van der Waals surface area contributed by atoms with E-state index in [0.29, 0.717) is 16.3 Å². The van der Waals surface area contributed by atoms with Gasteiger partial charge >= 0.3 is 0 Å². The molecule has 3 aromatic rings. The summed E-state index contributed by atoms with van der Waals surface area (Å²) >= 11 is 3.56. The molecule has 0 radical (unpaired) electrons. The lowest BCUT2D eigenvalue weighted by Crippen LogP contribution is -2.14. The van der Waals surface area contributed by atoms with Crippen molar-refractivity contribution in [2.24, 2.45) is 0 Å². The Balaban J connectivity index is 1.84. The molecule has 0 saturated heterocycles. The Kier molecular flexibility index (Phi) is 5.44. The number of thiazole rings is 1. The zero-order chi connectivity index (χ0) is 18.9. The highest BCUT2D eigenvalue weighted by Crippen LogP contribution is 2.26. The number of nitrogens with one attached hydrogen (secondary N) is 1. The summed E-state index contributed by atoms with van der Waals surface area (Å²) in [7, 11) is -3.38. The summed E-state index contributed by atoms with van der Waals surface area (Å²) in [5, 5.41) is 5.09. The van der Waals surface area contributed by atoms with E-state index in [4.69, 9.17) is 0 Å². The monoisotopic (exact) mass is 498 g/mol. The van der Waals surface area contributed by atoms with E-state index < -0.39 is 9.84 Å². The van der Waals surface area contributed by atoms with Crippen molar-refractivity contribution >= 4 is 54.8 Å². The third-order valence-corrected chi connectivity index (χ3v) is 6.33. The van der Waals surface area contributed by atoms with Crippen LogP contribution in [-0.2, 0) is 9.84 Å². The second-order valence-corrected chi connectivity index (χ2v) is 9.87. The summed E-state index contributed by atoms with van der Waals surface area (Å²) in [6.45, 7) is 1.76. The lowest BCUT2D eigenvalue weighted by molar-refractivity contribution is 0.102. The Labute approximate surface area is 169 Å². The number of amides is 1. The SMILES string of the molecule is Cc1ccc(S(C)(=O)=O)cc1C(=O)Nc1nc(-c2ccc(I)cc2)cs1. The Morgan fingerprint density at radius 1 is 1.15 bits per heavy atom. The first-order chi connectivity index (χ1) is 12.2. The molecule has 8 heteroatoms. The number of carbonyl (C=O) groups is 1. The molecule has 0 unspecified atom stereocenters. The number of hydrogen-bond donors (Lipinski definition) is 1.